The number of aromatic nitrogens is 1. The van der Waals surface area contributed by atoms with Gasteiger partial charge in [0.25, 0.3) is 5.91 Å². The fourth-order valence-corrected chi connectivity index (χ4v) is 3.74. The zero-order chi connectivity index (χ0) is 21.4. The van der Waals surface area contributed by atoms with Gasteiger partial charge < -0.3 is 14.5 Å². The van der Waals surface area contributed by atoms with E-state index in [1.807, 2.05) is 44.2 Å². The summed E-state index contributed by atoms with van der Waals surface area (Å²) in [5, 5.41) is 2.98. The van der Waals surface area contributed by atoms with Crippen molar-refractivity contribution >= 4 is 38.6 Å². The van der Waals surface area contributed by atoms with Crippen molar-refractivity contribution in [3.8, 4) is 17.2 Å². The minimum Gasteiger partial charge on any atom is -0.496 e. The van der Waals surface area contributed by atoms with Crippen molar-refractivity contribution in [1.29, 1.82) is 0 Å². The molecule has 3 aromatic carbocycles. The highest BCUT2D eigenvalue weighted by molar-refractivity contribution is 9.10. The van der Waals surface area contributed by atoms with E-state index in [1.165, 1.54) is 5.56 Å². The van der Waals surface area contributed by atoms with Crippen LogP contribution >= 0.6 is 15.9 Å². The molecular weight excluding hydrogens is 444 g/mol. The molecule has 4 rings (SSSR count). The molecule has 152 valence electrons. The molecule has 0 aliphatic carbocycles. The monoisotopic (exact) mass is 464 g/mol. The number of anilines is 1. The number of nitrogens with zero attached hydrogens (tertiary/aromatic N) is 1. The molecule has 1 aromatic heterocycles. The number of ether oxygens (including phenoxy) is 1. The van der Waals surface area contributed by atoms with E-state index in [-0.39, 0.29) is 5.91 Å². The van der Waals surface area contributed by atoms with Crippen molar-refractivity contribution in [2.75, 3.05) is 12.4 Å². The van der Waals surface area contributed by atoms with E-state index >= 15 is 0 Å². The molecule has 1 N–H and O–H groups in total. The third kappa shape index (κ3) is 3.83. The summed E-state index contributed by atoms with van der Waals surface area (Å²) in [4.78, 5) is 17.4. The first-order chi connectivity index (χ1) is 14.4. The van der Waals surface area contributed by atoms with Crippen molar-refractivity contribution in [3.63, 3.8) is 0 Å². The van der Waals surface area contributed by atoms with Gasteiger partial charge >= 0.3 is 0 Å². The lowest BCUT2D eigenvalue weighted by Gasteiger charge is -2.11. The van der Waals surface area contributed by atoms with E-state index in [2.05, 4.69) is 33.2 Å². The van der Waals surface area contributed by atoms with Gasteiger partial charge in [0, 0.05) is 16.8 Å². The van der Waals surface area contributed by atoms with Gasteiger partial charge in [-0.3, -0.25) is 4.79 Å². The molecule has 1 amide bonds. The Morgan fingerprint density at radius 1 is 1.00 bits per heavy atom. The molecular formula is C24H21BrN2O3. The Labute approximate surface area is 183 Å². The molecule has 0 spiro atoms. The Bertz CT molecular complexity index is 1240. The number of carbonyl (C=O) groups is 1. The van der Waals surface area contributed by atoms with Crippen molar-refractivity contribution in [3.05, 3.63) is 75.3 Å². The standard InChI is InChI=1S/C24H21BrN2O3/c1-13-5-6-17(24-27-20-9-14(2)15(3)10-22(20)30-24)12-19(13)26-23(28)16-7-8-21(29-4)18(25)11-16/h5-12H,1-4H3,(H,26,28). The SMILES string of the molecule is COc1ccc(C(=O)Nc2cc(-c3nc4cc(C)c(C)cc4o3)ccc2C)cc1Br. The van der Waals surface area contributed by atoms with Crippen LogP contribution in [-0.4, -0.2) is 18.0 Å². The van der Waals surface area contributed by atoms with Crippen LogP contribution in [0.2, 0.25) is 0 Å². The van der Waals surface area contributed by atoms with Crippen LogP contribution in [0.3, 0.4) is 0 Å². The van der Waals surface area contributed by atoms with Crippen LogP contribution in [0.5, 0.6) is 5.75 Å². The predicted molar refractivity (Wildman–Crippen MR) is 122 cm³/mol. The second-order valence-corrected chi connectivity index (χ2v) is 8.11. The molecule has 1 heterocycles. The topological polar surface area (TPSA) is 64.4 Å². The Kier molecular flexibility index (Phi) is 5.35. The summed E-state index contributed by atoms with van der Waals surface area (Å²) in [6.45, 7) is 6.05. The number of hydrogen-bond donors (Lipinski definition) is 1. The summed E-state index contributed by atoms with van der Waals surface area (Å²) >= 11 is 3.42. The first-order valence-corrected chi connectivity index (χ1v) is 10.3. The highest BCUT2D eigenvalue weighted by atomic mass is 79.9. The van der Waals surface area contributed by atoms with Crippen LogP contribution in [0.4, 0.5) is 5.69 Å². The lowest BCUT2D eigenvalue weighted by Crippen LogP contribution is -2.13. The number of rotatable bonds is 4. The molecule has 0 saturated carbocycles. The normalized spacial score (nSPS) is 11.0. The quantitative estimate of drug-likeness (QED) is 0.377. The summed E-state index contributed by atoms with van der Waals surface area (Å²) in [5.41, 5.74) is 6.89. The molecule has 0 fully saturated rings. The predicted octanol–water partition coefficient (Wildman–Crippen LogP) is 6.44. The summed E-state index contributed by atoms with van der Waals surface area (Å²) in [6.07, 6.45) is 0. The minimum absolute atomic E-state index is 0.206. The Morgan fingerprint density at radius 2 is 1.77 bits per heavy atom. The Morgan fingerprint density at radius 3 is 2.50 bits per heavy atom. The molecule has 5 nitrogen and oxygen atoms in total. The summed E-state index contributed by atoms with van der Waals surface area (Å²) < 4.78 is 11.9. The molecule has 4 aromatic rings. The number of hydrogen-bond acceptors (Lipinski definition) is 4. The van der Waals surface area contributed by atoms with Crippen LogP contribution in [0.15, 0.2) is 57.4 Å². The maximum atomic E-state index is 12.8. The van der Waals surface area contributed by atoms with Gasteiger partial charge in [-0.05, 0) is 95.9 Å². The smallest absolute Gasteiger partial charge is 0.255 e. The molecule has 0 radical (unpaired) electrons. The molecule has 0 bridgehead atoms. The molecule has 0 atom stereocenters. The second-order valence-electron chi connectivity index (χ2n) is 7.26. The van der Waals surface area contributed by atoms with Gasteiger partial charge in [0.15, 0.2) is 5.58 Å². The van der Waals surface area contributed by atoms with Gasteiger partial charge in [-0.2, -0.15) is 0 Å². The maximum Gasteiger partial charge on any atom is 0.255 e. The van der Waals surface area contributed by atoms with E-state index in [9.17, 15) is 4.79 Å². The first-order valence-electron chi connectivity index (χ1n) is 9.49. The van der Waals surface area contributed by atoms with Crippen LogP contribution in [-0.2, 0) is 0 Å². The van der Waals surface area contributed by atoms with E-state index in [0.29, 0.717) is 22.9 Å². The number of aryl methyl sites for hydroxylation is 3. The van der Waals surface area contributed by atoms with Gasteiger partial charge in [-0.1, -0.05) is 6.07 Å². The van der Waals surface area contributed by atoms with Crippen molar-refractivity contribution in [2.24, 2.45) is 0 Å². The number of nitrogens with one attached hydrogen (secondary N) is 1. The van der Waals surface area contributed by atoms with E-state index in [1.54, 1.807) is 25.3 Å². The van der Waals surface area contributed by atoms with Crippen molar-refractivity contribution in [2.45, 2.75) is 20.8 Å². The number of fused-ring (bicyclic) bond motifs is 1. The fourth-order valence-electron chi connectivity index (χ4n) is 3.20. The first kappa shape index (κ1) is 20.2. The summed E-state index contributed by atoms with van der Waals surface area (Å²) in [7, 11) is 1.59. The second kappa shape index (κ2) is 7.95. The van der Waals surface area contributed by atoms with Gasteiger partial charge in [0.05, 0.1) is 11.6 Å². The lowest BCUT2D eigenvalue weighted by molar-refractivity contribution is 0.102. The van der Waals surface area contributed by atoms with Crippen molar-refractivity contribution in [1.82, 2.24) is 4.98 Å². The fraction of sp³-hybridized carbons (Fsp3) is 0.167. The number of oxazole rings is 1. The maximum absolute atomic E-state index is 12.8. The van der Waals surface area contributed by atoms with Gasteiger partial charge in [0.2, 0.25) is 5.89 Å². The number of halogens is 1. The minimum atomic E-state index is -0.206. The zero-order valence-electron chi connectivity index (χ0n) is 17.2. The molecule has 0 saturated heterocycles. The van der Waals surface area contributed by atoms with Gasteiger partial charge in [-0.25, -0.2) is 4.98 Å². The number of amides is 1. The van der Waals surface area contributed by atoms with E-state index < -0.39 is 0 Å². The number of carbonyl (C=O) groups excluding carboxylic acids is 1. The third-order valence-corrected chi connectivity index (χ3v) is 5.77. The van der Waals surface area contributed by atoms with Crippen molar-refractivity contribution < 1.29 is 13.9 Å². The van der Waals surface area contributed by atoms with Crippen LogP contribution in [0.25, 0.3) is 22.6 Å². The highest BCUT2D eigenvalue weighted by Crippen LogP contribution is 2.30. The Balaban J connectivity index is 1.65. The molecule has 0 aliphatic heterocycles. The van der Waals surface area contributed by atoms with Crippen LogP contribution in [0.1, 0.15) is 27.0 Å². The Hall–Kier alpha value is -3.12. The van der Waals surface area contributed by atoms with E-state index in [0.717, 1.165) is 32.3 Å². The van der Waals surface area contributed by atoms with Gasteiger partial charge in [0.1, 0.15) is 11.3 Å². The molecule has 30 heavy (non-hydrogen) atoms. The lowest BCUT2D eigenvalue weighted by atomic mass is 10.1. The molecule has 0 aliphatic rings. The average Bonchev–Trinajstić information content (AvgIpc) is 3.12. The highest BCUT2D eigenvalue weighted by Gasteiger charge is 2.14. The number of benzene rings is 3. The average molecular weight is 465 g/mol. The van der Waals surface area contributed by atoms with Crippen LogP contribution < -0.4 is 10.1 Å². The largest absolute Gasteiger partial charge is 0.496 e. The molecule has 6 heteroatoms. The zero-order valence-corrected chi connectivity index (χ0v) is 18.8. The third-order valence-electron chi connectivity index (χ3n) is 5.15. The summed E-state index contributed by atoms with van der Waals surface area (Å²) in [6, 6.07) is 15.0. The van der Waals surface area contributed by atoms with Gasteiger partial charge in [-0.15, -0.1) is 0 Å². The summed E-state index contributed by atoms with van der Waals surface area (Å²) in [5.74, 6) is 0.992. The molecule has 0 unspecified atom stereocenters. The van der Waals surface area contributed by atoms with Crippen LogP contribution in [0, 0.1) is 20.8 Å². The number of methoxy groups -OCH3 is 1. The van der Waals surface area contributed by atoms with E-state index in [4.69, 9.17) is 9.15 Å².